The van der Waals surface area contributed by atoms with Crippen LogP contribution in [-0.2, 0) is 13.1 Å². The standard InChI is InChI=1S/C17H22F3N5OS/c1-11(2)13-9-27-15(25-13)8-24-16(21-3)23-7-12-4-5-22-14(6-12)26-10-17(18,19)20/h4-6,9,11H,7-8,10H2,1-3H3,(H2,21,23,24). The lowest BCUT2D eigenvalue weighted by molar-refractivity contribution is -0.154. The summed E-state index contributed by atoms with van der Waals surface area (Å²) in [4.78, 5) is 12.4. The van der Waals surface area contributed by atoms with Crippen LogP contribution in [0.25, 0.3) is 0 Å². The van der Waals surface area contributed by atoms with Crippen LogP contribution in [0.1, 0.15) is 36.0 Å². The second kappa shape index (κ2) is 9.54. The predicted molar refractivity (Wildman–Crippen MR) is 99.0 cm³/mol. The number of ether oxygens (including phenoxy) is 1. The number of nitrogens with zero attached hydrogens (tertiary/aromatic N) is 3. The van der Waals surface area contributed by atoms with E-state index < -0.39 is 12.8 Å². The molecule has 2 aromatic heterocycles. The van der Waals surface area contributed by atoms with Crippen molar-refractivity contribution in [1.29, 1.82) is 0 Å². The van der Waals surface area contributed by atoms with Gasteiger partial charge in [-0.2, -0.15) is 13.2 Å². The van der Waals surface area contributed by atoms with Gasteiger partial charge in [0.15, 0.2) is 12.6 Å². The first kappa shape index (κ1) is 20.9. The van der Waals surface area contributed by atoms with Crippen molar-refractivity contribution in [2.45, 2.75) is 39.0 Å². The first-order valence-corrected chi connectivity index (χ1v) is 9.18. The maximum absolute atomic E-state index is 12.2. The third-order valence-corrected chi connectivity index (χ3v) is 4.30. The highest BCUT2D eigenvalue weighted by molar-refractivity contribution is 7.09. The summed E-state index contributed by atoms with van der Waals surface area (Å²) in [7, 11) is 1.64. The minimum absolute atomic E-state index is 0.0708. The van der Waals surface area contributed by atoms with E-state index in [1.54, 1.807) is 24.5 Å². The van der Waals surface area contributed by atoms with Crippen molar-refractivity contribution in [3.8, 4) is 5.88 Å². The number of rotatable bonds is 7. The maximum atomic E-state index is 12.2. The molecule has 0 radical (unpaired) electrons. The summed E-state index contributed by atoms with van der Waals surface area (Å²) in [6.07, 6.45) is -2.99. The van der Waals surface area contributed by atoms with Gasteiger partial charge in [0.25, 0.3) is 0 Å². The Balaban J connectivity index is 1.84. The molecule has 148 valence electrons. The second-order valence-electron chi connectivity index (χ2n) is 6.01. The van der Waals surface area contributed by atoms with E-state index in [4.69, 9.17) is 0 Å². The molecule has 10 heteroatoms. The number of pyridine rings is 1. The highest BCUT2D eigenvalue weighted by atomic mass is 32.1. The molecular formula is C17H22F3N5OS. The number of hydrogen-bond acceptors (Lipinski definition) is 5. The molecule has 2 N–H and O–H groups in total. The molecule has 2 aromatic rings. The third kappa shape index (κ3) is 7.41. The number of guanidine groups is 1. The van der Waals surface area contributed by atoms with E-state index in [0.29, 0.717) is 25.0 Å². The Morgan fingerprint density at radius 1 is 1.30 bits per heavy atom. The highest BCUT2D eigenvalue weighted by Gasteiger charge is 2.28. The van der Waals surface area contributed by atoms with Crippen LogP contribution in [0, 0.1) is 0 Å². The minimum Gasteiger partial charge on any atom is -0.468 e. The molecule has 0 saturated heterocycles. The van der Waals surface area contributed by atoms with Gasteiger partial charge in [0.05, 0.1) is 12.2 Å². The Morgan fingerprint density at radius 2 is 2.04 bits per heavy atom. The monoisotopic (exact) mass is 401 g/mol. The van der Waals surface area contributed by atoms with Crippen LogP contribution in [0.4, 0.5) is 13.2 Å². The Morgan fingerprint density at radius 3 is 2.67 bits per heavy atom. The number of aliphatic imine (C=N–C) groups is 1. The zero-order valence-electron chi connectivity index (χ0n) is 15.3. The summed E-state index contributed by atoms with van der Waals surface area (Å²) in [6, 6.07) is 3.15. The van der Waals surface area contributed by atoms with Gasteiger partial charge in [0, 0.05) is 31.2 Å². The van der Waals surface area contributed by atoms with Crippen molar-refractivity contribution < 1.29 is 17.9 Å². The van der Waals surface area contributed by atoms with Gasteiger partial charge in [-0.1, -0.05) is 13.8 Å². The fourth-order valence-corrected chi connectivity index (χ4v) is 2.93. The number of aromatic nitrogens is 2. The van der Waals surface area contributed by atoms with Gasteiger partial charge < -0.3 is 15.4 Å². The lowest BCUT2D eigenvalue weighted by Crippen LogP contribution is -2.36. The normalized spacial score (nSPS) is 12.3. The van der Waals surface area contributed by atoms with E-state index in [0.717, 1.165) is 16.3 Å². The van der Waals surface area contributed by atoms with Crippen LogP contribution in [0.2, 0.25) is 0 Å². The molecule has 27 heavy (non-hydrogen) atoms. The minimum atomic E-state index is -4.40. The number of thiazole rings is 1. The van der Waals surface area contributed by atoms with Gasteiger partial charge in [-0.05, 0) is 17.5 Å². The molecule has 0 saturated carbocycles. The van der Waals surface area contributed by atoms with E-state index >= 15 is 0 Å². The van der Waals surface area contributed by atoms with Gasteiger partial charge in [-0.3, -0.25) is 4.99 Å². The Kier molecular flexibility index (Phi) is 7.40. The van der Waals surface area contributed by atoms with Gasteiger partial charge in [-0.25, -0.2) is 9.97 Å². The van der Waals surface area contributed by atoms with Crippen LogP contribution >= 0.6 is 11.3 Å². The van der Waals surface area contributed by atoms with Crippen LogP contribution < -0.4 is 15.4 Å². The summed E-state index contributed by atoms with van der Waals surface area (Å²) < 4.78 is 41.3. The van der Waals surface area contributed by atoms with Crippen LogP contribution in [-0.4, -0.2) is 35.8 Å². The molecule has 0 atom stereocenters. The lowest BCUT2D eigenvalue weighted by Gasteiger charge is -2.12. The maximum Gasteiger partial charge on any atom is 0.422 e. The zero-order chi connectivity index (χ0) is 19.9. The van der Waals surface area contributed by atoms with E-state index in [1.165, 1.54) is 12.3 Å². The molecule has 0 bridgehead atoms. The first-order chi connectivity index (χ1) is 12.8. The quantitative estimate of drug-likeness (QED) is 0.549. The van der Waals surface area contributed by atoms with Gasteiger partial charge in [-0.15, -0.1) is 11.3 Å². The van der Waals surface area contributed by atoms with Crippen molar-refractivity contribution in [3.63, 3.8) is 0 Å². The van der Waals surface area contributed by atoms with Crippen LogP contribution in [0.3, 0.4) is 0 Å². The molecule has 2 heterocycles. The average molecular weight is 401 g/mol. The molecule has 0 aromatic carbocycles. The smallest absolute Gasteiger partial charge is 0.422 e. The molecular weight excluding hydrogens is 379 g/mol. The second-order valence-corrected chi connectivity index (χ2v) is 6.95. The number of nitrogens with one attached hydrogen (secondary N) is 2. The molecule has 0 spiro atoms. The summed E-state index contributed by atoms with van der Waals surface area (Å²) in [5.41, 5.74) is 1.78. The number of hydrogen-bond donors (Lipinski definition) is 2. The van der Waals surface area contributed by atoms with E-state index in [1.807, 2.05) is 5.38 Å². The van der Waals surface area contributed by atoms with Gasteiger partial charge in [0.1, 0.15) is 5.01 Å². The van der Waals surface area contributed by atoms with E-state index in [-0.39, 0.29) is 5.88 Å². The Hall–Kier alpha value is -2.36. The Bertz CT molecular complexity index is 761. The average Bonchev–Trinajstić information content (AvgIpc) is 3.09. The van der Waals surface area contributed by atoms with Crippen LogP contribution in [0.5, 0.6) is 5.88 Å². The van der Waals surface area contributed by atoms with Crippen molar-refractivity contribution >= 4 is 17.3 Å². The number of halogens is 3. The van der Waals surface area contributed by atoms with Crippen LogP contribution in [0.15, 0.2) is 28.7 Å². The summed E-state index contributed by atoms with van der Waals surface area (Å²) >= 11 is 1.58. The van der Waals surface area contributed by atoms with Crippen molar-refractivity contribution in [2.24, 2.45) is 4.99 Å². The van der Waals surface area contributed by atoms with Crippen molar-refractivity contribution in [2.75, 3.05) is 13.7 Å². The molecule has 0 amide bonds. The predicted octanol–water partition coefficient (Wildman–Crippen LogP) is 3.47. The first-order valence-electron chi connectivity index (χ1n) is 8.30. The van der Waals surface area contributed by atoms with Crippen molar-refractivity contribution in [1.82, 2.24) is 20.6 Å². The Labute approximate surface area is 159 Å². The molecule has 0 unspecified atom stereocenters. The molecule has 0 aliphatic carbocycles. The van der Waals surface area contributed by atoms with Crippen molar-refractivity contribution in [3.05, 3.63) is 40.0 Å². The summed E-state index contributed by atoms with van der Waals surface area (Å²) in [5.74, 6) is 0.873. The topological polar surface area (TPSA) is 71.4 Å². The fourth-order valence-electron chi connectivity index (χ4n) is 2.03. The fraction of sp³-hybridized carbons (Fsp3) is 0.471. The lowest BCUT2D eigenvalue weighted by atomic mass is 10.2. The highest BCUT2D eigenvalue weighted by Crippen LogP contribution is 2.18. The molecule has 2 rings (SSSR count). The zero-order valence-corrected chi connectivity index (χ0v) is 16.1. The van der Waals surface area contributed by atoms with E-state index in [9.17, 15) is 13.2 Å². The summed E-state index contributed by atoms with van der Waals surface area (Å²) in [6.45, 7) is 3.71. The molecule has 0 aliphatic heterocycles. The van der Waals surface area contributed by atoms with Gasteiger partial charge >= 0.3 is 6.18 Å². The van der Waals surface area contributed by atoms with E-state index in [2.05, 4.69) is 44.2 Å². The molecule has 6 nitrogen and oxygen atoms in total. The van der Waals surface area contributed by atoms with Gasteiger partial charge in [0.2, 0.25) is 5.88 Å². The molecule has 0 fully saturated rings. The molecule has 0 aliphatic rings. The third-order valence-electron chi connectivity index (χ3n) is 3.43. The number of alkyl halides is 3. The SMILES string of the molecule is CN=C(NCc1ccnc(OCC(F)(F)F)c1)NCc1nc(C(C)C)cs1. The summed E-state index contributed by atoms with van der Waals surface area (Å²) in [5, 5.41) is 9.25. The largest absolute Gasteiger partial charge is 0.468 e.